The number of hydrogen-bond donors (Lipinski definition) is 1. The van der Waals surface area contributed by atoms with Gasteiger partial charge in [0.2, 0.25) is 0 Å². The SMILES string of the molecule is CC(C)(C)NCc1cnoc1-c1ccc(Cl)cc1. The second kappa shape index (κ2) is 5.12. The Morgan fingerprint density at radius 3 is 2.50 bits per heavy atom. The number of rotatable bonds is 3. The molecule has 0 bridgehead atoms. The van der Waals surface area contributed by atoms with Crippen LogP contribution in [0.3, 0.4) is 0 Å². The summed E-state index contributed by atoms with van der Waals surface area (Å²) < 4.78 is 5.32. The Bertz CT molecular complexity index is 511. The Hall–Kier alpha value is -1.32. The van der Waals surface area contributed by atoms with Gasteiger partial charge in [0.05, 0.1) is 6.20 Å². The van der Waals surface area contributed by atoms with E-state index in [4.69, 9.17) is 16.1 Å². The lowest BCUT2D eigenvalue weighted by molar-refractivity contribution is 0.418. The zero-order valence-electron chi connectivity index (χ0n) is 10.8. The van der Waals surface area contributed by atoms with E-state index in [-0.39, 0.29) is 5.54 Å². The smallest absolute Gasteiger partial charge is 0.171 e. The molecule has 0 fully saturated rings. The first-order valence-electron chi connectivity index (χ1n) is 5.90. The van der Waals surface area contributed by atoms with Crippen molar-refractivity contribution < 1.29 is 4.52 Å². The minimum absolute atomic E-state index is 0.0640. The molecule has 0 aliphatic rings. The van der Waals surface area contributed by atoms with E-state index in [9.17, 15) is 0 Å². The predicted molar refractivity (Wildman–Crippen MR) is 73.5 cm³/mol. The summed E-state index contributed by atoms with van der Waals surface area (Å²) >= 11 is 5.88. The molecule has 0 atom stereocenters. The van der Waals surface area contributed by atoms with Gasteiger partial charge in [-0.1, -0.05) is 16.8 Å². The number of nitrogens with zero attached hydrogens (tertiary/aromatic N) is 1. The predicted octanol–water partition coefficient (Wildman–Crippen LogP) is 3.88. The number of halogens is 1. The van der Waals surface area contributed by atoms with Crippen molar-refractivity contribution in [2.24, 2.45) is 0 Å². The van der Waals surface area contributed by atoms with Gasteiger partial charge >= 0.3 is 0 Å². The molecule has 1 N–H and O–H groups in total. The highest BCUT2D eigenvalue weighted by molar-refractivity contribution is 6.30. The minimum atomic E-state index is 0.0640. The molecule has 96 valence electrons. The van der Waals surface area contributed by atoms with Crippen molar-refractivity contribution >= 4 is 11.6 Å². The maximum atomic E-state index is 5.88. The molecule has 0 amide bonds. The summed E-state index contributed by atoms with van der Waals surface area (Å²) in [4.78, 5) is 0. The lowest BCUT2D eigenvalue weighted by Gasteiger charge is -2.20. The Kier molecular flexibility index (Phi) is 3.73. The van der Waals surface area contributed by atoms with E-state index in [1.165, 1.54) is 0 Å². The van der Waals surface area contributed by atoms with Gasteiger partial charge in [0.25, 0.3) is 0 Å². The third kappa shape index (κ3) is 3.34. The molecular formula is C14H17ClN2O. The quantitative estimate of drug-likeness (QED) is 0.914. The van der Waals surface area contributed by atoms with Gasteiger partial charge in [-0.3, -0.25) is 0 Å². The van der Waals surface area contributed by atoms with Crippen molar-refractivity contribution in [2.45, 2.75) is 32.9 Å². The van der Waals surface area contributed by atoms with Crippen LogP contribution in [0.15, 0.2) is 35.0 Å². The van der Waals surface area contributed by atoms with Crippen LogP contribution in [0.1, 0.15) is 26.3 Å². The van der Waals surface area contributed by atoms with Crippen molar-refractivity contribution in [1.29, 1.82) is 0 Å². The van der Waals surface area contributed by atoms with E-state index in [0.717, 1.165) is 23.4 Å². The Labute approximate surface area is 112 Å². The van der Waals surface area contributed by atoms with Gasteiger partial charge in [-0.2, -0.15) is 0 Å². The van der Waals surface area contributed by atoms with Gasteiger partial charge in [-0.15, -0.1) is 0 Å². The van der Waals surface area contributed by atoms with Crippen molar-refractivity contribution in [1.82, 2.24) is 10.5 Å². The van der Waals surface area contributed by atoms with Gasteiger partial charge in [0.15, 0.2) is 5.76 Å². The standard InChI is InChI=1S/C14H17ClN2O/c1-14(2,3)16-8-11-9-17-18-13(11)10-4-6-12(15)7-5-10/h4-7,9,16H,8H2,1-3H3. The van der Waals surface area contributed by atoms with Gasteiger partial charge in [0, 0.05) is 28.2 Å². The van der Waals surface area contributed by atoms with Crippen molar-refractivity contribution in [3.8, 4) is 11.3 Å². The molecule has 1 heterocycles. The zero-order valence-corrected chi connectivity index (χ0v) is 11.6. The highest BCUT2D eigenvalue weighted by Crippen LogP contribution is 2.25. The van der Waals surface area contributed by atoms with Gasteiger partial charge in [-0.25, -0.2) is 0 Å². The van der Waals surface area contributed by atoms with E-state index in [0.29, 0.717) is 5.02 Å². The summed E-state index contributed by atoms with van der Waals surface area (Å²) in [6.07, 6.45) is 1.75. The Morgan fingerprint density at radius 1 is 1.22 bits per heavy atom. The molecule has 1 aromatic carbocycles. The monoisotopic (exact) mass is 264 g/mol. The molecule has 4 heteroatoms. The van der Waals surface area contributed by atoms with Gasteiger partial charge in [0.1, 0.15) is 0 Å². The molecule has 0 spiro atoms. The average molecular weight is 265 g/mol. The second-order valence-corrected chi connectivity index (χ2v) is 5.73. The van der Waals surface area contributed by atoms with Crippen LogP contribution in [-0.2, 0) is 6.54 Å². The molecule has 0 saturated carbocycles. The first kappa shape index (κ1) is 13.1. The van der Waals surface area contributed by atoms with Crippen LogP contribution in [0, 0.1) is 0 Å². The number of aromatic nitrogens is 1. The Morgan fingerprint density at radius 2 is 1.89 bits per heavy atom. The molecule has 1 aromatic heterocycles. The third-order valence-electron chi connectivity index (χ3n) is 2.56. The number of hydrogen-bond acceptors (Lipinski definition) is 3. The summed E-state index contributed by atoms with van der Waals surface area (Å²) in [7, 11) is 0. The van der Waals surface area contributed by atoms with Crippen LogP contribution in [0.25, 0.3) is 11.3 Å². The first-order valence-corrected chi connectivity index (χ1v) is 6.28. The van der Waals surface area contributed by atoms with Crippen LogP contribution >= 0.6 is 11.6 Å². The number of nitrogens with one attached hydrogen (secondary N) is 1. The lowest BCUT2D eigenvalue weighted by Crippen LogP contribution is -2.35. The van der Waals surface area contributed by atoms with Crippen molar-refractivity contribution in [2.75, 3.05) is 0 Å². The average Bonchev–Trinajstić information content (AvgIpc) is 2.75. The summed E-state index contributed by atoms with van der Waals surface area (Å²) in [5.74, 6) is 0.795. The summed E-state index contributed by atoms with van der Waals surface area (Å²) in [6, 6.07) is 7.56. The van der Waals surface area contributed by atoms with E-state index >= 15 is 0 Å². The number of benzene rings is 1. The van der Waals surface area contributed by atoms with Crippen LogP contribution < -0.4 is 5.32 Å². The minimum Gasteiger partial charge on any atom is -0.356 e. The topological polar surface area (TPSA) is 38.1 Å². The van der Waals surface area contributed by atoms with E-state index in [1.54, 1.807) is 6.20 Å². The van der Waals surface area contributed by atoms with E-state index < -0.39 is 0 Å². The molecule has 2 rings (SSSR count). The van der Waals surface area contributed by atoms with Crippen LogP contribution in [-0.4, -0.2) is 10.7 Å². The fourth-order valence-corrected chi connectivity index (χ4v) is 1.71. The van der Waals surface area contributed by atoms with Crippen molar-refractivity contribution in [3.05, 3.63) is 41.0 Å². The second-order valence-electron chi connectivity index (χ2n) is 5.29. The van der Waals surface area contributed by atoms with Crippen LogP contribution in [0.5, 0.6) is 0 Å². The fourth-order valence-electron chi connectivity index (χ4n) is 1.59. The normalized spacial score (nSPS) is 11.8. The largest absolute Gasteiger partial charge is 0.356 e. The van der Waals surface area contributed by atoms with Gasteiger partial charge in [-0.05, 0) is 45.0 Å². The molecule has 0 radical (unpaired) electrons. The molecule has 18 heavy (non-hydrogen) atoms. The highest BCUT2D eigenvalue weighted by Gasteiger charge is 2.14. The zero-order chi connectivity index (χ0) is 13.2. The lowest BCUT2D eigenvalue weighted by atomic mass is 10.1. The molecular weight excluding hydrogens is 248 g/mol. The van der Waals surface area contributed by atoms with Crippen molar-refractivity contribution in [3.63, 3.8) is 0 Å². The molecule has 0 aliphatic carbocycles. The molecule has 0 unspecified atom stereocenters. The summed E-state index contributed by atoms with van der Waals surface area (Å²) in [5.41, 5.74) is 2.10. The summed E-state index contributed by atoms with van der Waals surface area (Å²) in [5, 5.41) is 8.01. The highest BCUT2D eigenvalue weighted by atomic mass is 35.5. The molecule has 0 saturated heterocycles. The van der Waals surface area contributed by atoms with Crippen LogP contribution in [0.2, 0.25) is 5.02 Å². The van der Waals surface area contributed by atoms with E-state index in [2.05, 4.69) is 31.2 Å². The third-order valence-corrected chi connectivity index (χ3v) is 2.81. The maximum Gasteiger partial charge on any atom is 0.171 e. The fraction of sp³-hybridized carbons (Fsp3) is 0.357. The molecule has 2 aromatic rings. The van der Waals surface area contributed by atoms with Crippen LogP contribution in [0.4, 0.5) is 0 Å². The first-order chi connectivity index (χ1) is 8.46. The maximum absolute atomic E-state index is 5.88. The summed E-state index contributed by atoms with van der Waals surface area (Å²) in [6.45, 7) is 7.11. The molecule has 0 aliphatic heterocycles. The Balaban J connectivity index is 2.20. The molecule has 3 nitrogen and oxygen atoms in total. The van der Waals surface area contributed by atoms with E-state index in [1.807, 2.05) is 24.3 Å². The van der Waals surface area contributed by atoms with Gasteiger partial charge < -0.3 is 9.84 Å².